The molecular formula is C22H32N6O2. The van der Waals surface area contributed by atoms with Gasteiger partial charge in [-0.05, 0) is 32.9 Å². The van der Waals surface area contributed by atoms with E-state index in [0.29, 0.717) is 19.0 Å². The van der Waals surface area contributed by atoms with Gasteiger partial charge in [0.15, 0.2) is 5.96 Å². The van der Waals surface area contributed by atoms with Gasteiger partial charge in [0.25, 0.3) is 0 Å². The molecule has 1 aromatic heterocycles. The van der Waals surface area contributed by atoms with Crippen molar-refractivity contribution >= 4 is 11.9 Å². The van der Waals surface area contributed by atoms with Crippen LogP contribution in [0.2, 0.25) is 0 Å². The van der Waals surface area contributed by atoms with Crippen molar-refractivity contribution in [2.24, 2.45) is 4.99 Å². The fourth-order valence-corrected chi connectivity index (χ4v) is 3.36. The summed E-state index contributed by atoms with van der Waals surface area (Å²) in [6.07, 6.45) is 1.67. The molecule has 2 heterocycles. The maximum absolute atomic E-state index is 12.0. The Kier molecular flexibility index (Phi) is 7.84. The molecule has 0 unspecified atom stereocenters. The number of guanidine groups is 1. The van der Waals surface area contributed by atoms with Gasteiger partial charge in [-0.1, -0.05) is 18.2 Å². The number of hydrogen-bond donors (Lipinski definition) is 2. The predicted molar refractivity (Wildman–Crippen MR) is 118 cm³/mol. The van der Waals surface area contributed by atoms with E-state index in [1.807, 2.05) is 44.2 Å². The molecule has 0 saturated carbocycles. The highest BCUT2D eigenvalue weighted by Crippen LogP contribution is 2.18. The molecule has 0 atom stereocenters. The van der Waals surface area contributed by atoms with Crippen LogP contribution in [0.4, 0.5) is 0 Å². The van der Waals surface area contributed by atoms with Crippen LogP contribution in [0, 0.1) is 0 Å². The Bertz CT molecular complexity index is 825. The zero-order valence-electron chi connectivity index (χ0n) is 18.1. The molecule has 162 valence electrons. The van der Waals surface area contributed by atoms with Gasteiger partial charge in [0.1, 0.15) is 12.0 Å². The topological polar surface area (TPSA) is 86.0 Å². The SMILES string of the molecule is CCNC(=NCc1coc(-c2ccccc2)n1)N1CCN(CC(=O)NC(C)C)CC1. The smallest absolute Gasteiger partial charge is 0.234 e. The maximum Gasteiger partial charge on any atom is 0.234 e. The predicted octanol–water partition coefficient (Wildman–Crippen LogP) is 1.95. The van der Waals surface area contributed by atoms with Crippen LogP contribution in [0.25, 0.3) is 11.5 Å². The summed E-state index contributed by atoms with van der Waals surface area (Å²) in [4.78, 5) is 25.7. The average Bonchev–Trinajstić information content (AvgIpc) is 3.21. The van der Waals surface area contributed by atoms with E-state index in [4.69, 9.17) is 9.41 Å². The van der Waals surface area contributed by atoms with E-state index < -0.39 is 0 Å². The molecule has 0 spiro atoms. The first-order valence-corrected chi connectivity index (χ1v) is 10.6. The van der Waals surface area contributed by atoms with Gasteiger partial charge in [0.2, 0.25) is 11.8 Å². The van der Waals surface area contributed by atoms with Crippen molar-refractivity contribution in [3.8, 4) is 11.5 Å². The first-order valence-electron chi connectivity index (χ1n) is 10.6. The number of carbonyl (C=O) groups excluding carboxylic acids is 1. The number of nitrogens with one attached hydrogen (secondary N) is 2. The molecule has 2 N–H and O–H groups in total. The summed E-state index contributed by atoms with van der Waals surface area (Å²) >= 11 is 0. The largest absolute Gasteiger partial charge is 0.444 e. The Balaban J connectivity index is 1.55. The normalized spacial score (nSPS) is 15.5. The molecule has 1 aliphatic rings. The number of aliphatic imine (C=N–C) groups is 1. The van der Waals surface area contributed by atoms with Crippen molar-refractivity contribution in [3.05, 3.63) is 42.3 Å². The maximum atomic E-state index is 12.0. The van der Waals surface area contributed by atoms with Crippen LogP contribution in [-0.4, -0.2) is 72.0 Å². The van der Waals surface area contributed by atoms with Crippen LogP contribution in [-0.2, 0) is 11.3 Å². The van der Waals surface area contributed by atoms with Crippen LogP contribution >= 0.6 is 0 Å². The fraction of sp³-hybridized carbons (Fsp3) is 0.500. The average molecular weight is 413 g/mol. The summed E-state index contributed by atoms with van der Waals surface area (Å²) in [5.41, 5.74) is 1.76. The van der Waals surface area contributed by atoms with Gasteiger partial charge in [-0.25, -0.2) is 9.98 Å². The Morgan fingerprint density at radius 3 is 2.60 bits per heavy atom. The first-order chi connectivity index (χ1) is 14.5. The lowest BCUT2D eigenvalue weighted by Gasteiger charge is -2.36. The van der Waals surface area contributed by atoms with E-state index in [-0.39, 0.29) is 11.9 Å². The van der Waals surface area contributed by atoms with Gasteiger partial charge < -0.3 is 20.0 Å². The van der Waals surface area contributed by atoms with Crippen molar-refractivity contribution in [2.75, 3.05) is 39.3 Å². The number of oxazole rings is 1. The van der Waals surface area contributed by atoms with Gasteiger partial charge in [-0.3, -0.25) is 9.69 Å². The molecule has 1 amide bonds. The number of aromatic nitrogens is 1. The number of piperazine rings is 1. The quantitative estimate of drug-likeness (QED) is 0.534. The van der Waals surface area contributed by atoms with Crippen LogP contribution < -0.4 is 10.6 Å². The van der Waals surface area contributed by atoms with Crippen molar-refractivity contribution in [3.63, 3.8) is 0 Å². The molecule has 1 aliphatic heterocycles. The number of nitrogens with zero attached hydrogens (tertiary/aromatic N) is 4. The van der Waals surface area contributed by atoms with Gasteiger partial charge in [-0.2, -0.15) is 0 Å². The van der Waals surface area contributed by atoms with Crippen molar-refractivity contribution in [2.45, 2.75) is 33.4 Å². The number of hydrogen-bond acceptors (Lipinski definition) is 5. The fourth-order valence-electron chi connectivity index (χ4n) is 3.36. The van der Waals surface area contributed by atoms with Crippen molar-refractivity contribution in [1.29, 1.82) is 0 Å². The highest BCUT2D eigenvalue weighted by Gasteiger charge is 2.21. The van der Waals surface area contributed by atoms with Crippen molar-refractivity contribution < 1.29 is 9.21 Å². The minimum absolute atomic E-state index is 0.0827. The van der Waals surface area contributed by atoms with Crippen LogP contribution in [0.3, 0.4) is 0 Å². The van der Waals surface area contributed by atoms with Crippen molar-refractivity contribution in [1.82, 2.24) is 25.4 Å². The van der Waals surface area contributed by atoms with Crippen LogP contribution in [0.1, 0.15) is 26.5 Å². The van der Waals surface area contributed by atoms with Gasteiger partial charge in [0.05, 0.1) is 13.1 Å². The minimum Gasteiger partial charge on any atom is -0.444 e. The highest BCUT2D eigenvalue weighted by atomic mass is 16.3. The first kappa shape index (κ1) is 21.8. The Morgan fingerprint density at radius 1 is 1.20 bits per heavy atom. The lowest BCUT2D eigenvalue weighted by molar-refractivity contribution is -0.123. The lowest BCUT2D eigenvalue weighted by atomic mass is 10.2. The monoisotopic (exact) mass is 412 g/mol. The Hall–Kier alpha value is -2.87. The third-order valence-electron chi connectivity index (χ3n) is 4.79. The second kappa shape index (κ2) is 10.8. The standard InChI is InChI=1S/C22H32N6O2/c1-4-23-22(28-12-10-27(11-13-28)15-20(29)25-17(2)3)24-14-19-16-30-21(26-19)18-8-6-5-7-9-18/h5-9,16-17H,4,10-15H2,1-3H3,(H,23,24)(H,25,29). The molecule has 0 aliphatic carbocycles. The molecule has 3 rings (SSSR count). The van der Waals surface area contributed by atoms with Gasteiger partial charge in [0, 0.05) is 44.3 Å². The summed E-state index contributed by atoms with van der Waals surface area (Å²) in [5, 5.41) is 6.31. The number of rotatable bonds is 7. The van der Waals surface area contributed by atoms with E-state index >= 15 is 0 Å². The molecule has 30 heavy (non-hydrogen) atoms. The number of amides is 1. The van der Waals surface area contributed by atoms with Crippen LogP contribution in [0.15, 0.2) is 46.0 Å². The second-order valence-corrected chi connectivity index (χ2v) is 7.67. The summed E-state index contributed by atoms with van der Waals surface area (Å²) < 4.78 is 5.61. The molecule has 1 saturated heterocycles. The van der Waals surface area contributed by atoms with Gasteiger partial charge in [-0.15, -0.1) is 0 Å². The molecule has 1 fully saturated rings. The third-order valence-corrected chi connectivity index (χ3v) is 4.79. The van der Waals surface area contributed by atoms with E-state index in [1.165, 1.54) is 0 Å². The molecule has 8 heteroatoms. The molecule has 0 radical (unpaired) electrons. The molecular weight excluding hydrogens is 380 g/mol. The Morgan fingerprint density at radius 2 is 1.93 bits per heavy atom. The molecule has 0 bridgehead atoms. The zero-order chi connectivity index (χ0) is 21.3. The summed E-state index contributed by atoms with van der Waals surface area (Å²) in [6, 6.07) is 10.0. The molecule has 2 aromatic rings. The Labute approximate surface area is 178 Å². The number of benzene rings is 1. The lowest BCUT2D eigenvalue weighted by Crippen LogP contribution is -2.54. The molecule has 1 aromatic carbocycles. The van der Waals surface area contributed by atoms with E-state index in [9.17, 15) is 4.79 Å². The van der Waals surface area contributed by atoms with E-state index in [2.05, 4.69) is 32.3 Å². The summed E-state index contributed by atoms with van der Waals surface area (Å²) in [6.45, 7) is 11.0. The summed E-state index contributed by atoms with van der Waals surface area (Å²) in [5.74, 6) is 1.56. The second-order valence-electron chi connectivity index (χ2n) is 7.67. The zero-order valence-corrected chi connectivity index (χ0v) is 18.1. The van der Waals surface area contributed by atoms with E-state index in [1.54, 1.807) is 6.26 Å². The van der Waals surface area contributed by atoms with E-state index in [0.717, 1.165) is 49.9 Å². The third kappa shape index (κ3) is 6.32. The summed E-state index contributed by atoms with van der Waals surface area (Å²) in [7, 11) is 0. The minimum atomic E-state index is 0.0827. The number of carbonyl (C=O) groups is 1. The van der Waals surface area contributed by atoms with Gasteiger partial charge >= 0.3 is 0 Å². The molecule has 8 nitrogen and oxygen atoms in total. The highest BCUT2D eigenvalue weighted by molar-refractivity contribution is 5.80. The van der Waals surface area contributed by atoms with Crippen LogP contribution in [0.5, 0.6) is 0 Å².